The van der Waals surface area contributed by atoms with Gasteiger partial charge in [-0.15, -0.1) is 0 Å². The van der Waals surface area contributed by atoms with Crippen molar-refractivity contribution in [3.05, 3.63) is 0 Å². The summed E-state index contributed by atoms with van der Waals surface area (Å²) < 4.78 is 6.30. The summed E-state index contributed by atoms with van der Waals surface area (Å²) in [6.45, 7) is 6.82. The zero-order valence-electron chi connectivity index (χ0n) is 11.0. The summed E-state index contributed by atoms with van der Waals surface area (Å²) >= 11 is 0. The number of hydrogen-bond donors (Lipinski definition) is 0. The van der Waals surface area contributed by atoms with Gasteiger partial charge in [0.1, 0.15) is 0 Å². The molecule has 0 aromatic heterocycles. The smallest absolute Gasteiger partial charge is 0.187 e. The highest BCUT2D eigenvalue weighted by atomic mass is 28.4. The summed E-state index contributed by atoms with van der Waals surface area (Å²) in [6.07, 6.45) is 7.59. The minimum atomic E-state index is -1.52. The zero-order chi connectivity index (χ0) is 12.0. The first kappa shape index (κ1) is 13.7. The predicted octanol–water partition coefficient (Wildman–Crippen LogP) is 4.09. The third-order valence-corrected chi connectivity index (χ3v) is 6.20. The molecular formula is C13H25NOSi. The van der Waals surface area contributed by atoms with E-state index in [1.807, 2.05) is 0 Å². The number of unbranched alkanes of at least 4 members (excludes halogenated alkanes) is 1. The summed E-state index contributed by atoms with van der Waals surface area (Å²) in [5.41, 5.74) is 0. The maximum absolute atomic E-state index is 8.54. The maximum Gasteiger partial charge on any atom is 0.187 e. The Morgan fingerprint density at radius 2 is 2.00 bits per heavy atom. The van der Waals surface area contributed by atoms with Crippen molar-refractivity contribution in [1.82, 2.24) is 0 Å². The molecule has 16 heavy (non-hydrogen) atoms. The van der Waals surface area contributed by atoms with Crippen LogP contribution in [-0.2, 0) is 4.43 Å². The second kappa shape index (κ2) is 6.41. The van der Waals surface area contributed by atoms with Crippen LogP contribution >= 0.6 is 0 Å². The fourth-order valence-electron chi connectivity index (χ4n) is 2.68. The van der Waals surface area contributed by atoms with E-state index in [2.05, 4.69) is 26.1 Å². The van der Waals surface area contributed by atoms with E-state index in [1.165, 1.54) is 25.7 Å². The summed E-state index contributed by atoms with van der Waals surface area (Å²) in [4.78, 5) is 0. The van der Waals surface area contributed by atoms with Gasteiger partial charge < -0.3 is 4.43 Å². The van der Waals surface area contributed by atoms with Gasteiger partial charge in [0.2, 0.25) is 0 Å². The van der Waals surface area contributed by atoms with Gasteiger partial charge in [0, 0.05) is 12.5 Å². The van der Waals surface area contributed by atoms with Crippen molar-refractivity contribution in [1.29, 1.82) is 5.26 Å². The molecule has 0 spiro atoms. The lowest BCUT2D eigenvalue weighted by Gasteiger charge is -2.30. The molecule has 0 aromatic carbocycles. The number of rotatable bonds is 6. The lowest BCUT2D eigenvalue weighted by atomic mass is 10.0. The van der Waals surface area contributed by atoms with Crippen LogP contribution < -0.4 is 0 Å². The normalized spacial score (nSPS) is 19.6. The minimum Gasteiger partial charge on any atom is -0.414 e. The SMILES string of the molecule is CC(O[Si](C)(C)CCCC#N)C1CCCC1. The van der Waals surface area contributed by atoms with Gasteiger partial charge in [-0.05, 0) is 51.2 Å². The lowest BCUT2D eigenvalue weighted by molar-refractivity contribution is 0.144. The van der Waals surface area contributed by atoms with Crippen molar-refractivity contribution in [2.75, 3.05) is 0 Å². The Labute approximate surface area is 101 Å². The first-order valence-corrected chi connectivity index (χ1v) is 9.71. The Kier molecular flexibility index (Phi) is 5.50. The van der Waals surface area contributed by atoms with Gasteiger partial charge in [0.05, 0.1) is 6.07 Å². The summed E-state index contributed by atoms with van der Waals surface area (Å²) in [5, 5.41) is 8.54. The van der Waals surface area contributed by atoms with Crippen molar-refractivity contribution < 1.29 is 4.43 Å². The molecule has 0 amide bonds. The summed E-state index contributed by atoms with van der Waals surface area (Å²) in [5.74, 6) is 0.794. The molecule has 1 rings (SSSR count). The molecule has 0 aliphatic heterocycles. The molecule has 1 atom stereocenters. The Morgan fingerprint density at radius 1 is 1.38 bits per heavy atom. The molecule has 0 bridgehead atoms. The quantitative estimate of drug-likeness (QED) is 0.516. The topological polar surface area (TPSA) is 33.0 Å². The second-order valence-electron chi connectivity index (χ2n) is 5.64. The summed E-state index contributed by atoms with van der Waals surface area (Å²) in [7, 11) is -1.52. The van der Waals surface area contributed by atoms with Crippen LogP contribution in [0.2, 0.25) is 19.1 Å². The van der Waals surface area contributed by atoms with E-state index in [0.29, 0.717) is 12.5 Å². The molecule has 1 saturated carbocycles. The van der Waals surface area contributed by atoms with Gasteiger partial charge in [-0.3, -0.25) is 0 Å². The maximum atomic E-state index is 8.54. The molecule has 92 valence electrons. The molecule has 0 aromatic rings. The number of nitriles is 1. The fourth-order valence-corrected chi connectivity index (χ4v) is 5.02. The van der Waals surface area contributed by atoms with E-state index in [-0.39, 0.29) is 0 Å². The monoisotopic (exact) mass is 239 g/mol. The van der Waals surface area contributed by atoms with Crippen molar-refractivity contribution in [2.45, 2.75) is 70.7 Å². The Hall–Kier alpha value is -0.333. The minimum absolute atomic E-state index is 0.436. The van der Waals surface area contributed by atoms with Crippen LogP contribution in [0.15, 0.2) is 0 Å². The average Bonchev–Trinajstić information content (AvgIpc) is 2.69. The highest BCUT2D eigenvalue weighted by Crippen LogP contribution is 2.31. The van der Waals surface area contributed by atoms with Crippen molar-refractivity contribution in [2.24, 2.45) is 5.92 Å². The van der Waals surface area contributed by atoms with Crippen LogP contribution in [0, 0.1) is 17.2 Å². The van der Waals surface area contributed by atoms with Crippen LogP contribution in [0.5, 0.6) is 0 Å². The largest absolute Gasteiger partial charge is 0.414 e. The third kappa shape index (κ3) is 4.67. The van der Waals surface area contributed by atoms with Gasteiger partial charge >= 0.3 is 0 Å². The predicted molar refractivity (Wildman–Crippen MR) is 69.6 cm³/mol. The first-order chi connectivity index (χ1) is 7.55. The van der Waals surface area contributed by atoms with Crippen LogP contribution in [0.1, 0.15) is 45.4 Å². The molecule has 1 fully saturated rings. The van der Waals surface area contributed by atoms with E-state index in [4.69, 9.17) is 9.69 Å². The molecule has 0 radical (unpaired) electrons. The van der Waals surface area contributed by atoms with Gasteiger partial charge in [-0.2, -0.15) is 5.26 Å². The van der Waals surface area contributed by atoms with E-state index in [9.17, 15) is 0 Å². The summed E-state index contributed by atoms with van der Waals surface area (Å²) in [6, 6.07) is 3.34. The van der Waals surface area contributed by atoms with E-state index >= 15 is 0 Å². The Bertz CT molecular complexity index is 241. The molecule has 0 N–H and O–H groups in total. The fraction of sp³-hybridized carbons (Fsp3) is 0.923. The van der Waals surface area contributed by atoms with Crippen LogP contribution in [-0.4, -0.2) is 14.4 Å². The van der Waals surface area contributed by atoms with Crippen molar-refractivity contribution >= 4 is 8.32 Å². The molecule has 1 unspecified atom stereocenters. The molecule has 3 heteroatoms. The van der Waals surface area contributed by atoms with Crippen LogP contribution in [0.4, 0.5) is 0 Å². The standard InChI is InChI=1S/C13H25NOSi/c1-12(13-8-4-5-9-13)15-16(2,3)11-7-6-10-14/h12-13H,4-9,11H2,1-3H3. The van der Waals surface area contributed by atoms with Gasteiger partial charge in [-0.1, -0.05) is 12.8 Å². The molecule has 0 heterocycles. The van der Waals surface area contributed by atoms with Crippen LogP contribution in [0.25, 0.3) is 0 Å². The van der Waals surface area contributed by atoms with Gasteiger partial charge in [0.15, 0.2) is 8.32 Å². The molecule has 2 nitrogen and oxygen atoms in total. The second-order valence-corrected chi connectivity index (χ2v) is 9.89. The van der Waals surface area contributed by atoms with E-state index in [1.54, 1.807) is 0 Å². The lowest BCUT2D eigenvalue weighted by Crippen LogP contribution is -2.36. The highest BCUT2D eigenvalue weighted by Gasteiger charge is 2.29. The zero-order valence-corrected chi connectivity index (χ0v) is 12.0. The van der Waals surface area contributed by atoms with E-state index in [0.717, 1.165) is 18.4 Å². The van der Waals surface area contributed by atoms with Gasteiger partial charge in [-0.25, -0.2) is 0 Å². The Morgan fingerprint density at radius 3 is 2.56 bits per heavy atom. The average molecular weight is 239 g/mol. The first-order valence-electron chi connectivity index (χ1n) is 6.60. The Balaban J connectivity index is 2.29. The molecule has 1 aliphatic rings. The van der Waals surface area contributed by atoms with E-state index < -0.39 is 8.32 Å². The molecular weight excluding hydrogens is 214 g/mol. The molecule has 1 aliphatic carbocycles. The van der Waals surface area contributed by atoms with Crippen molar-refractivity contribution in [3.63, 3.8) is 0 Å². The van der Waals surface area contributed by atoms with Crippen LogP contribution in [0.3, 0.4) is 0 Å². The number of nitrogens with zero attached hydrogens (tertiary/aromatic N) is 1. The third-order valence-electron chi connectivity index (χ3n) is 3.64. The van der Waals surface area contributed by atoms with Crippen molar-refractivity contribution in [3.8, 4) is 6.07 Å². The highest BCUT2D eigenvalue weighted by molar-refractivity contribution is 6.71. The number of hydrogen-bond acceptors (Lipinski definition) is 2. The van der Waals surface area contributed by atoms with Gasteiger partial charge in [0.25, 0.3) is 0 Å². The molecule has 0 saturated heterocycles.